The van der Waals surface area contributed by atoms with Gasteiger partial charge in [-0.2, -0.15) is 0 Å². The topological polar surface area (TPSA) is 68.2 Å². The minimum atomic E-state index is -0.508. The standard InChI is InChI=1S/C24H20BrFN4O2/c25-15-5-6-20(27-10-15)32-19-9-24-8-7-14(24)13-30(21(19)24)23(31)18-4-2-1-3-17(18)22-28-11-16(26)12-29-22/h1-6,10-12,14,19,21H,7-9,13H2. The zero-order valence-corrected chi connectivity index (χ0v) is 18.7. The van der Waals surface area contributed by atoms with Gasteiger partial charge in [-0.3, -0.25) is 4.79 Å². The lowest BCUT2D eigenvalue weighted by Crippen LogP contribution is -2.65. The summed E-state index contributed by atoms with van der Waals surface area (Å²) in [6, 6.07) is 11.0. The summed E-state index contributed by atoms with van der Waals surface area (Å²) in [6.45, 7) is 0.732. The molecule has 32 heavy (non-hydrogen) atoms. The summed E-state index contributed by atoms with van der Waals surface area (Å²) in [6.07, 6.45) is 7.10. The number of carbonyl (C=O) groups excluding carboxylic acids is 1. The monoisotopic (exact) mass is 494 g/mol. The zero-order chi connectivity index (χ0) is 21.9. The summed E-state index contributed by atoms with van der Waals surface area (Å²) in [7, 11) is 0. The van der Waals surface area contributed by atoms with Crippen LogP contribution in [-0.2, 0) is 0 Å². The molecule has 6 rings (SSSR count). The van der Waals surface area contributed by atoms with Crippen molar-refractivity contribution in [1.82, 2.24) is 19.9 Å². The molecule has 1 amide bonds. The second kappa shape index (κ2) is 7.33. The first-order chi connectivity index (χ1) is 15.5. The van der Waals surface area contributed by atoms with Crippen LogP contribution in [0.15, 0.2) is 59.5 Å². The van der Waals surface area contributed by atoms with Gasteiger partial charge in [0.15, 0.2) is 11.6 Å². The Morgan fingerprint density at radius 3 is 2.66 bits per heavy atom. The van der Waals surface area contributed by atoms with Crippen LogP contribution in [0.1, 0.15) is 29.6 Å². The third kappa shape index (κ3) is 2.96. The van der Waals surface area contributed by atoms with Gasteiger partial charge in [-0.1, -0.05) is 18.2 Å². The van der Waals surface area contributed by atoms with E-state index >= 15 is 0 Å². The molecule has 3 fully saturated rings. The smallest absolute Gasteiger partial charge is 0.255 e. The van der Waals surface area contributed by atoms with Gasteiger partial charge in [-0.25, -0.2) is 19.3 Å². The highest BCUT2D eigenvalue weighted by atomic mass is 79.9. The summed E-state index contributed by atoms with van der Waals surface area (Å²) in [5.41, 5.74) is 1.30. The number of hydrogen-bond acceptors (Lipinski definition) is 5. The second-order valence-corrected chi connectivity index (χ2v) is 9.73. The number of aromatic nitrogens is 3. The van der Waals surface area contributed by atoms with E-state index in [9.17, 15) is 9.18 Å². The molecule has 3 aromatic rings. The molecule has 1 spiro atoms. The lowest BCUT2D eigenvalue weighted by molar-refractivity contribution is -0.125. The molecule has 162 valence electrons. The molecule has 1 saturated heterocycles. The first-order valence-electron chi connectivity index (χ1n) is 10.7. The van der Waals surface area contributed by atoms with Crippen molar-refractivity contribution in [3.8, 4) is 17.3 Å². The van der Waals surface area contributed by atoms with Crippen LogP contribution in [0.4, 0.5) is 4.39 Å². The SMILES string of the molecule is O=C(c1ccccc1-c1ncc(F)cn1)N1CC2CCC23CC(Oc2ccc(Br)cn2)C13. The first kappa shape index (κ1) is 19.8. The van der Waals surface area contributed by atoms with Gasteiger partial charge in [0, 0.05) is 34.3 Å². The molecule has 3 heterocycles. The van der Waals surface area contributed by atoms with E-state index < -0.39 is 5.82 Å². The molecule has 1 aliphatic heterocycles. The highest BCUT2D eigenvalue weighted by Gasteiger charge is 2.70. The third-order valence-corrected chi connectivity index (χ3v) is 7.77. The maximum absolute atomic E-state index is 13.8. The number of hydrogen-bond donors (Lipinski definition) is 0. The van der Waals surface area contributed by atoms with Gasteiger partial charge in [-0.05, 0) is 53.2 Å². The number of nitrogens with zero attached hydrogens (tertiary/aromatic N) is 4. The van der Waals surface area contributed by atoms with E-state index in [1.165, 1.54) is 0 Å². The molecule has 1 aromatic carbocycles. The fourth-order valence-electron chi connectivity index (χ4n) is 5.70. The Balaban J connectivity index is 1.31. The number of pyridine rings is 1. The van der Waals surface area contributed by atoms with E-state index in [4.69, 9.17) is 4.74 Å². The van der Waals surface area contributed by atoms with E-state index in [1.807, 2.05) is 29.2 Å². The summed E-state index contributed by atoms with van der Waals surface area (Å²) in [5, 5.41) is 0. The highest BCUT2D eigenvalue weighted by molar-refractivity contribution is 9.10. The summed E-state index contributed by atoms with van der Waals surface area (Å²) in [5.74, 6) is 0.871. The van der Waals surface area contributed by atoms with Crippen molar-refractivity contribution in [3.63, 3.8) is 0 Å². The van der Waals surface area contributed by atoms with Crippen molar-refractivity contribution in [3.05, 3.63) is 70.8 Å². The predicted molar refractivity (Wildman–Crippen MR) is 118 cm³/mol. The molecule has 0 radical (unpaired) electrons. The van der Waals surface area contributed by atoms with E-state index in [0.29, 0.717) is 28.7 Å². The fraction of sp³-hybridized carbons (Fsp3) is 0.333. The van der Waals surface area contributed by atoms with Crippen molar-refractivity contribution in [2.45, 2.75) is 31.4 Å². The summed E-state index contributed by atoms with van der Waals surface area (Å²) in [4.78, 5) is 28.3. The van der Waals surface area contributed by atoms with E-state index in [1.54, 1.807) is 18.3 Å². The van der Waals surface area contributed by atoms with Crippen LogP contribution in [0, 0.1) is 17.2 Å². The molecular formula is C24H20BrFN4O2. The molecule has 8 heteroatoms. The lowest BCUT2D eigenvalue weighted by Gasteiger charge is -2.59. The Labute approximate surface area is 193 Å². The third-order valence-electron chi connectivity index (χ3n) is 7.30. The van der Waals surface area contributed by atoms with Gasteiger partial charge >= 0.3 is 0 Å². The van der Waals surface area contributed by atoms with Gasteiger partial charge in [0.25, 0.3) is 5.91 Å². The van der Waals surface area contributed by atoms with Crippen LogP contribution in [0.3, 0.4) is 0 Å². The Morgan fingerprint density at radius 2 is 1.94 bits per heavy atom. The van der Waals surface area contributed by atoms with Crippen molar-refractivity contribution >= 4 is 21.8 Å². The van der Waals surface area contributed by atoms with Gasteiger partial charge in [0.2, 0.25) is 5.88 Å². The predicted octanol–water partition coefficient (Wildman–Crippen LogP) is 4.51. The highest BCUT2D eigenvalue weighted by Crippen LogP contribution is 2.66. The maximum Gasteiger partial charge on any atom is 0.255 e. The number of rotatable bonds is 4. The van der Waals surface area contributed by atoms with Crippen molar-refractivity contribution < 1.29 is 13.9 Å². The second-order valence-electron chi connectivity index (χ2n) is 8.82. The Hall–Kier alpha value is -2.87. The van der Waals surface area contributed by atoms with Crippen molar-refractivity contribution in [1.29, 1.82) is 0 Å². The lowest BCUT2D eigenvalue weighted by atomic mass is 9.48. The molecular weight excluding hydrogens is 475 g/mol. The largest absolute Gasteiger partial charge is 0.472 e. The van der Waals surface area contributed by atoms with E-state index in [-0.39, 0.29) is 23.5 Å². The number of benzene rings is 1. The summed E-state index contributed by atoms with van der Waals surface area (Å²) < 4.78 is 20.4. The minimum absolute atomic E-state index is 0.0291. The Bertz CT molecular complexity index is 1190. The zero-order valence-electron chi connectivity index (χ0n) is 17.1. The van der Waals surface area contributed by atoms with Gasteiger partial charge in [0.1, 0.15) is 6.10 Å². The fourth-order valence-corrected chi connectivity index (χ4v) is 5.94. The van der Waals surface area contributed by atoms with E-state index in [0.717, 1.165) is 42.7 Å². The molecule has 0 N–H and O–H groups in total. The minimum Gasteiger partial charge on any atom is -0.472 e. The van der Waals surface area contributed by atoms with Crippen LogP contribution in [-0.4, -0.2) is 44.4 Å². The first-order valence-corrected chi connectivity index (χ1v) is 11.5. The maximum atomic E-state index is 13.8. The normalized spacial score (nSPS) is 27.7. The van der Waals surface area contributed by atoms with E-state index in [2.05, 4.69) is 30.9 Å². The summed E-state index contributed by atoms with van der Waals surface area (Å²) >= 11 is 3.40. The number of carbonyl (C=O) groups is 1. The van der Waals surface area contributed by atoms with Crippen LogP contribution < -0.4 is 4.74 Å². The molecule has 6 nitrogen and oxygen atoms in total. The Kier molecular flexibility index (Phi) is 4.54. The van der Waals surface area contributed by atoms with Crippen molar-refractivity contribution in [2.24, 2.45) is 11.3 Å². The van der Waals surface area contributed by atoms with Crippen LogP contribution >= 0.6 is 15.9 Å². The number of likely N-dealkylation sites (tertiary alicyclic amines) is 1. The Morgan fingerprint density at radius 1 is 1.12 bits per heavy atom. The number of ether oxygens (including phenoxy) is 1. The molecule has 0 bridgehead atoms. The average molecular weight is 495 g/mol. The number of amides is 1. The molecule has 4 atom stereocenters. The van der Waals surface area contributed by atoms with Gasteiger partial charge in [-0.15, -0.1) is 0 Å². The molecule has 4 unspecified atom stereocenters. The van der Waals surface area contributed by atoms with Crippen LogP contribution in [0.2, 0.25) is 0 Å². The quantitative estimate of drug-likeness (QED) is 0.533. The van der Waals surface area contributed by atoms with Crippen LogP contribution in [0.5, 0.6) is 5.88 Å². The molecule has 2 saturated carbocycles. The number of halogens is 2. The van der Waals surface area contributed by atoms with Crippen LogP contribution in [0.25, 0.3) is 11.4 Å². The molecule has 2 aliphatic carbocycles. The molecule has 2 aromatic heterocycles. The average Bonchev–Trinajstić information content (AvgIpc) is 2.96. The van der Waals surface area contributed by atoms with Gasteiger partial charge in [0.05, 0.1) is 24.0 Å². The van der Waals surface area contributed by atoms with Crippen molar-refractivity contribution in [2.75, 3.05) is 6.54 Å². The molecule has 3 aliphatic rings. The van der Waals surface area contributed by atoms with Gasteiger partial charge < -0.3 is 9.64 Å².